The molecule has 1 unspecified atom stereocenters. The third-order valence-electron chi connectivity index (χ3n) is 4.04. The van der Waals surface area contributed by atoms with Crippen LogP contribution in [0.2, 0.25) is 5.02 Å². The van der Waals surface area contributed by atoms with Crippen LogP contribution in [0.25, 0.3) is 0 Å². The van der Waals surface area contributed by atoms with E-state index in [1.807, 2.05) is 13.8 Å². The summed E-state index contributed by atoms with van der Waals surface area (Å²) in [5.41, 5.74) is 2.11. The number of aryl methyl sites for hydroxylation is 1. The Morgan fingerprint density at radius 2 is 2.04 bits per heavy atom. The Bertz CT molecular complexity index is 867. The first-order valence-corrected chi connectivity index (χ1v) is 9.81. The second-order valence-electron chi connectivity index (χ2n) is 6.74. The van der Waals surface area contributed by atoms with E-state index in [-0.39, 0.29) is 22.3 Å². The zero-order valence-electron chi connectivity index (χ0n) is 15.9. The molecule has 1 amide bonds. The van der Waals surface area contributed by atoms with Crippen LogP contribution in [0.3, 0.4) is 0 Å². The number of rotatable bonds is 7. The van der Waals surface area contributed by atoms with E-state index in [2.05, 4.69) is 28.7 Å². The molecule has 1 N–H and O–H groups in total. The Hall–Kier alpha value is -2.06. The van der Waals surface area contributed by atoms with Crippen molar-refractivity contribution in [2.45, 2.75) is 51.6 Å². The molecule has 2 rings (SSSR count). The Kier molecular flexibility index (Phi) is 6.89. The lowest BCUT2D eigenvalue weighted by molar-refractivity contribution is -0.384. The number of nitrogens with one attached hydrogen (secondary N) is 1. The van der Waals surface area contributed by atoms with Gasteiger partial charge in [0.2, 0.25) is 5.91 Å². The highest BCUT2D eigenvalue weighted by atomic mass is 35.5. The van der Waals surface area contributed by atoms with Gasteiger partial charge in [-0.15, -0.1) is 0 Å². The molecule has 2 aromatic rings. The molecule has 1 aromatic heterocycles. The molecule has 9 heteroatoms. The molecule has 0 radical (unpaired) electrons. The molecule has 1 aromatic carbocycles. The van der Waals surface area contributed by atoms with Gasteiger partial charge in [-0.25, -0.2) is 4.98 Å². The fourth-order valence-electron chi connectivity index (χ4n) is 2.46. The lowest BCUT2D eigenvalue weighted by atomic mass is 10.2. The quantitative estimate of drug-likeness (QED) is 0.400. The van der Waals surface area contributed by atoms with Gasteiger partial charge in [-0.1, -0.05) is 37.2 Å². The number of nitro benzene ring substituents is 1. The summed E-state index contributed by atoms with van der Waals surface area (Å²) in [5.74, 6) is 0.154. The number of anilines is 1. The summed E-state index contributed by atoms with van der Waals surface area (Å²) in [6.45, 7) is 10.8. The van der Waals surface area contributed by atoms with Gasteiger partial charge < -0.3 is 9.88 Å². The number of carbonyl (C=O) groups is 1. The SMILES string of the molecule is Cc1nc(SC(C)C(=O)Nc2cc([N+](=O)[O-])ccc2Cl)n(CC(C)C)c1C. The summed E-state index contributed by atoms with van der Waals surface area (Å²) in [4.78, 5) is 27.5. The molecule has 0 saturated heterocycles. The van der Waals surface area contributed by atoms with Gasteiger partial charge in [0, 0.05) is 24.4 Å². The van der Waals surface area contributed by atoms with Gasteiger partial charge in [-0.2, -0.15) is 0 Å². The average molecular weight is 411 g/mol. The van der Waals surface area contributed by atoms with E-state index < -0.39 is 10.2 Å². The summed E-state index contributed by atoms with van der Waals surface area (Å²) in [6, 6.07) is 3.95. The van der Waals surface area contributed by atoms with Crippen molar-refractivity contribution in [1.82, 2.24) is 9.55 Å². The molecule has 0 bridgehead atoms. The lowest BCUT2D eigenvalue weighted by Crippen LogP contribution is -2.23. The van der Waals surface area contributed by atoms with Crippen LogP contribution in [0, 0.1) is 29.9 Å². The van der Waals surface area contributed by atoms with Gasteiger partial charge in [-0.05, 0) is 32.8 Å². The van der Waals surface area contributed by atoms with Crippen LogP contribution in [0.15, 0.2) is 23.4 Å². The summed E-state index contributed by atoms with van der Waals surface area (Å²) in [6.07, 6.45) is 0. The zero-order valence-corrected chi connectivity index (χ0v) is 17.5. The minimum absolute atomic E-state index is 0.131. The number of amides is 1. The van der Waals surface area contributed by atoms with Gasteiger partial charge in [0.25, 0.3) is 5.69 Å². The summed E-state index contributed by atoms with van der Waals surface area (Å²) < 4.78 is 2.12. The van der Waals surface area contributed by atoms with Crippen molar-refractivity contribution in [3.63, 3.8) is 0 Å². The molecule has 0 spiro atoms. The van der Waals surface area contributed by atoms with Gasteiger partial charge >= 0.3 is 0 Å². The van der Waals surface area contributed by atoms with E-state index in [0.717, 1.165) is 23.1 Å². The molecule has 0 saturated carbocycles. The van der Waals surface area contributed by atoms with Crippen LogP contribution in [-0.4, -0.2) is 25.6 Å². The molecular formula is C18H23ClN4O3S. The Morgan fingerprint density at radius 1 is 1.37 bits per heavy atom. The van der Waals surface area contributed by atoms with Gasteiger partial charge in [0.15, 0.2) is 5.16 Å². The molecular weight excluding hydrogens is 388 g/mol. The highest BCUT2D eigenvalue weighted by molar-refractivity contribution is 8.00. The topological polar surface area (TPSA) is 90.1 Å². The largest absolute Gasteiger partial charge is 0.324 e. The van der Waals surface area contributed by atoms with Crippen LogP contribution in [-0.2, 0) is 11.3 Å². The summed E-state index contributed by atoms with van der Waals surface area (Å²) in [7, 11) is 0. The fourth-order valence-corrected chi connectivity index (χ4v) is 3.64. The van der Waals surface area contributed by atoms with Crippen molar-refractivity contribution in [2.24, 2.45) is 5.92 Å². The highest BCUT2D eigenvalue weighted by Crippen LogP contribution is 2.30. The standard InChI is InChI=1S/C18H23ClN4O3S/c1-10(2)9-22-12(4)11(3)20-18(22)27-13(5)17(24)21-16-8-14(23(25)26)6-7-15(16)19/h6-8,10,13H,9H2,1-5H3,(H,21,24). The number of nitrogens with zero attached hydrogens (tertiary/aromatic N) is 3. The van der Waals surface area contributed by atoms with Crippen LogP contribution < -0.4 is 5.32 Å². The maximum Gasteiger partial charge on any atom is 0.271 e. The number of aromatic nitrogens is 2. The lowest BCUT2D eigenvalue weighted by Gasteiger charge is -2.15. The van der Waals surface area contributed by atoms with E-state index >= 15 is 0 Å². The number of non-ortho nitro benzene ring substituents is 1. The van der Waals surface area contributed by atoms with Gasteiger partial charge in [0.1, 0.15) is 0 Å². The molecule has 27 heavy (non-hydrogen) atoms. The number of hydrogen-bond donors (Lipinski definition) is 1. The molecule has 1 heterocycles. The van der Waals surface area contributed by atoms with Crippen molar-refractivity contribution < 1.29 is 9.72 Å². The first-order chi connectivity index (χ1) is 12.6. The number of carbonyl (C=O) groups excluding carboxylic acids is 1. The van der Waals surface area contributed by atoms with Crippen LogP contribution in [0.4, 0.5) is 11.4 Å². The first kappa shape index (κ1) is 21.2. The Balaban J connectivity index is 2.16. The minimum atomic E-state index is -0.529. The predicted octanol–water partition coefficient (Wildman–Crippen LogP) is 4.84. The smallest absolute Gasteiger partial charge is 0.271 e. The number of thioether (sulfide) groups is 1. The number of benzene rings is 1. The average Bonchev–Trinajstić information content (AvgIpc) is 2.83. The van der Waals surface area contributed by atoms with Gasteiger partial charge in [-0.3, -0.25) is 14.9 Å². The van der Waals surface area contributed by atoms with E-state index in [1.165, 1.54) is 30.0 Å². The van der Waals surface area contributed by atoms with Crippen molar-refractivity contribution in [3.05, 3.63) is 44.7 Å². The minimum Gasteiger partial charge on any atom is -0.324 e. The molecule has 0 aliphatic heterocycles. The number of hydrogen-bond acceptors (Lipinski definition) is 5. The highest BCUT2D eigenvalue weighted by Gasteiger charge is 2.21. The maximum absolute atomic E-state index is 12.6. The van der Waals surface area contributed by atoms with E-state index in [9.17, 15) is 14.9 Å². The van der Waals surface area contributed by atoms with Crippen LogP contribution >= 0.6 is 23.4 Å². The molecule has 1 atom stereocenters. The molecule has 146 valence electrons. The van der Waals surface area contributed by atoms with E-state index in [1.54, 1.807) is 6.92 Å². The second kappa shape index (κ2) is 8.75. The summed E-state index contributed by atoms with van der Waals surface area (Å²) >= 11 is 7.41. The van der Waals surface area contributed by atoms with Crippen molar-refractivity contribution in [1.29, 1.82) is 0 Å². The van der Waals surface area contributed by atoms with E-state index in [0.29, 0.717) is 5.92 Å². The molecule has 0 aliphatic carbocycles. The second-order valence-corrected chi connectivity index (χ2v) is 8.46. The maximum atomic E-state index is 12.6. The predicted molar refractivity (Wildman–Crippen MR) is 109 cm³/mol. The van der Waals surface area contributed by atoms with Crippen molar-refractivity contribution in [3.8, 4) is 0 Å². The number of nitro groups is 1. The van der Waals surface area contributed by atoms with Crippen molar-refractivity contribution in [2.75, 3.05) is 5.32 Å². The zero-order chi connectivity index (χ0) is 20.3. The van der Waals surface area contributed by atoms with Crippen LogP contribution in [0.5, 0.6) is 0 Å². The molecule has 0 fully saturated rings. The third kappa shape index (κ3) is 5.23. The monoisotopic (exact) mass is 410 g/mol. The van der Waals surface area contributed by atoms with Crippen LogP contribution in [0.1, 0.15) is 32.2 Å². The number of halogens is 1. The normalized spacial score (nSPS) is 12.3. The Labute approximate surface area is 167 Å². The molecule has 0 aliphatic rings. The fraction of sp³-hybridized carbons (Fsp3) is 0.444. The summed E-state index contributed by atoms with van der Waals surface area (Å²) in [5, 5.41) is 14.2. The van der Waals surface area contributed by atoms with Crippen molar-refractivity contribution >= 4 is 40.6 Å². The van der Waals surface area contributed by atoms with E-state index in [4.69, 9.17) is 11.6 Å². The Morgan fingerprint density at radius 3 is 2.63 bits per heavy atom. The third-order valence-corrected chi connectivity index (χ3v) is 5.46. The molecule has 7 nitrogen and oxygen atoms in total. The number of imidazole rings is 1. The first-order valence-electron chi connectivity index (χ1n) is 8.55. The van der Waals surface area contributed by atoms with Gasteiger partial charge in [0.05, 0.1) is 26.6 Å².